The Bertz CT molecular complexity index is 705. The van der Waals surface area contributed by atoms with Crippen LogP contribution < -0.4 is 5.32 Å². The molecule has 6 heteroatoms. The van der Waals surface area contributed by atoms with Gasteiger partial charge in [0.15, 0.2) is 0 Å². The van der Waals surface area contributed by atoms with Crippen LogP contribution in [0.4, 0.5) is 0 Å². The molecule has 0 bridgehead atoms. The van der Waals surface area contributed by atoms with Crippen LogP contribution in [0.2, 0.25) is 4.34 Å². The fourth-order valence-corrected chi connectivity index (χ4v) is 3.27. The minimum atomic E-state index is -0.0836. The maximum absolute atomic E-state index is 6.05. The van der Waals surface area contributed by atoms with Crippen LogP contribution in [0.5, 0.6) is 0 Å². The van der Waals surface area contributed by atoms with Gasteiger partial charge in [-0.05, 0) is 38.1 Å². The summed E-state index contributed by atoms with van der Waals surface area (Å²) in [5, 5.41) is 3.48. The molecule has 4 nitrogen and oxygen atoms in total. The first-order chi connectivity index (χ1) is 10.1. The lowest BCUT2D eigenvalue weighted by molar-refractivity contribution is 0.365. The highest BCUT2D eigenvalue weighted by Gasteiger charge is 2.23. The molecule has 1 N–H and O–H groups in total. The second-order valence-electron chi connectivity index (χ2n) is 4.79. The van der Waals surface area contributed by atoms with Crippen LogP contribution in [0, 0.1) is 6.92 Å². The van der Waals surface area contributed by atoms with E-state index < -0.39 is 0 Å². The Morgan fingerprint density at radius 1 is 1.33 bits per heavy atom. The molecular weight excluding hydrogens is 308 g/mol. The summed E-state index contributed by atoms with van der Waals surface area (Å²) in [6.45, 7) is 3.89. The lowest BCUT2D eigenvalue weighted by Crippen LogP contribution is -2.24. The topological polar surface area (TPSA) is 51.2 Å². The van der Waals surface area contributed by atoms with Crippen molar-refractivity contribution in [3.05, 3.63) is 63.4 Å². The van der Waals surface area contributed by atoms with Crippen LogP contribution in [-0.2, 0) is 0 Å². The molecule has 110 valence electrons. The molecule has 3 aromatic rings. The molecule has 0 aliphatic carbocycles. The zero-order valence-electron chi connectivity index (χ0n) is 11.7. The summed E-state index contributed by atoms with van der Waals surface area (Å²) >= 11 is 7.58. The number of nitrogens with zero attached hydrogens (tertiary/aromatic N) is 1. The van der Waals surface area contributed by atoms with E-state index in [2.05, 4.69) is 10.3 Å². The van der Waals surface area contributed by atoms with Crippen molar-refractivity contribution in [3.63, 3.8) is 0 Å². The van der Waals surface area contributed by atoms with Crippen LogP contribution in [0.25, 0.3) is 0 Å². The number of halogens is 1. The molecule has 0 radical (unpaired) electrons. The van der Waals surface area contributed by atoms with Crippen molar-refractivity contribution in [1.29, 1.82) is 0 Å². The number of aromatic nitrogens is 1. The zero-order chi connectivity index (χ0) is 14.8. The normalized spacial score (nSPS) is 14.2. The fourth-order valence-electron chi connectivity index (χ4n) is 2.14. The van der Waals surface area contributed by atoms with Gasteiger partial charge in [-0.3, -0.25) is 5.32 Å². The first kappa shape index (κ1) is 14.4. The highest BCUT2D eigenvalue weighted by atomic mass is 35.5. The van der Waals surface area contributed by atoms with E-state index in [9.17, 15) is 0 Å². The average molecular weight is 323 g/mol. The van der Waals surface area contributed by atoms with Gasteiger partial charge >= 0.3 is 0 Å². The molecule has 2 unspecified atom stereocenters. The summed E-state index contributed by atoms with van der Waals surface area (Å²) in [7, 11) is 0. The number of aryl methyl sites for hydroxylation is 1. The Kier molecular flexibility index (Phi) is 4.14. The third-order valence-corrected chi connectivity index (χ3v) is 4.43. The van der Waals surface area contributed by atoms with E-state index >= 15 is 0 Å². The van der Waals surface area contributed by atoms with Crippen molar-refractivity contribution in [2.75, 3.05) is 0 Å². The molecule has 3 rings (SSSR count). The summed E-state index contributed by atoms with van der Waals surface area (Å²) in [6, 6.07) is 7.58. The second-order valence-corrected chi connectivity index (χ2v) is 6.53. The van der Waals surface area contributed by atoms with Gasteiger partial charge in [-0.25, -0.2) is 4.98 Å². The van der Waals surface area contributed by atoms with Crippen LogP contribution in [-0.4, -0.2) is 4.98 Å². The minimum Gasteiger partial charge on any atom is -0.467 e. The average Bonchev–Trinajstić information content (AvgIpc) is 3.17. The van der Waals surface area contributed by atoms with Gasteiger partial charge in [0.2, 0.25) is 5.89 Å². The summed E-state index contributed by atoms with van der Waals surface area (Å²) in [5.41, 5.74) is 0. The highest BCUT2D eigenvalue weighted by molar-refractivity contribution is 7.16. The van der Waals surface area contributed by atoms with E-state index in [1.165, 1.54) is 11.3 Å². The Labute approximate surface area is 131 Å². The van der Waals surface area contributed by atoms with E-state index in [0.717, 1.165) is 20.7 Å². The van der Waals surface area contributed by atoms with Crippen LogP contribution in [0.1, 0.15) is 41.3 Å². The number of hydrogen-bond donors (Lipinski definition) is 1. The molecule has 0 fully saturated rings. The number of thiophene rings is 1. The van der Waals surface area contributed by atoms with E-state index in [4.69, 9.17) is 20.4 Å². The Morgan fingerprint density at radius 3 is 2.76 bits per heavy atom. The fraction of sp³-hybridized carbons (Fsp3) is 0.267. The number of hydrogen-bond acceptors (Lipinski definition) is 5. The third-order valence-electron chi connectivity index (χ3n) is 3.13. The molecule has 3 heterocycles. The molecule has 0 aromatic carbocycles. The third kappa shape index (κ3) is 3.20. The van der Waals surface area contributed by atoms with Crippen molar-refractivity contribution in [2.45, 2.75) is 25.9 Å². The van der Waals surface area contributed by atoms with E-state index in [0.29, 0.717) is 5.89 Å². The molecule has 0 saturated heterocycles. The van der Waals surface area contributed by atoms with Crippen molar-refractivity contribution in [2.24, 2.45) is 0 Å². The van der Waals surface area contributed by atoms with Crippen LogP contribution in [0.15, 0.2) is 45.6 Å². The Hall–Kier alpha value is -1.56. The predicted molar refractivity (Wildman–Crippen MR) is 82.7 cm³/mol. The highest BCUT2D eigenvalue weighted by Crippen LogP contribution is 2.33. The quantitative estimate of drug-likeness (QED) is 0.737. The number of oxazole rings is 1. The second kappa shape index (κ2) is 6.05. The Morgan fingerprint density at radius 2 is 2.19 bits per heavy atom. The molecule has 21 heavy (non-hydrogen) atoms. The van der Waals surface area contributed by atoms with Crippen molar-refractivity contribution in [3.8, 4) is 0 Å². The predicted octanol–water partition coefficient (Wildman–Crippen LogP) is 4.73. The van der Waals surface area contributed by atoms with Gasteiger partial charge in [0.25, 0.3) is 0 Å². The molecule has 0 spiro atoms. The molecule has 0 aliphatic rings. The standard InChI is InChI=1S/C15H15ClN2O2S/c1-9-8-17-15(20-9)10(2)18-14(11-4-3-7-19-11)12-5-6-13(16)21-12/h3-8,10,14,18H,1-2H3. The lowest BCUT2D eigenvalue weighted by Gasteiger charge is -2.19. The van der Waals surface area contributed by atoms with Gasteiger partial charge in [0, 0.05) is 4.88 Å². The Balaban J connectivity index is 1.86. The van der Waals surface area contributed by atoms with Crippen molar-refractivity contribution >= 4 is 22.9 Å². The smallest absolute Gasteiger partial charge is 0.211 e. The summed E-state index contributed by atoms with van der Waals surface area (Å²) in [6.07, 6.45) is 3.39. The largest absolute Gasteiger partial charge is 0.467 e. The SMILES string of the molecule is Cc1cnc(C(C)NC(c2ccco2)c2ccc(Cl)s2)o1. The first-order valence-corrected chi connectivity index (χ1v) is 7.80. The van der Waals surface area contributed by atoms with Gasteiger partial charge in [0.05, 0.1) is 22.8 Å². The number of nitrogens with one attached hydrogen (secondary N) is 1. The maximum Gasteiger partial charge on any atom is 0.211 e. The molecule has 0 saturated carbocycles. The molecule has 2 atom stereocenters. The monoisotopic (exact) mass is 322 g/mol. The minimum absolute atomic E-state index is 0.0466. The first-order valence-electron chi connectivity index (χ1n) is 6.60. The van der Waals surface area contributed by atoms with E-state index in [1.54, 1.807) is 12.5 Å². The van der Waals surface area contributed by atoms with E-state index in [-0.39, 0.29) is 12.1 Å². The van der Waals surface area contributed by atoms with Crippen molar-refractivity contribution in [1.82, 2.24) is 10.3 Å². The molecular formula is C15H15ClN2O2S. The van der Waals surface area contributed by atoms with Gasteiger partial charge in [-0.1, -0.05) is 11.6 Å². The van der Waals surface area contributed by atoms with Gasteiger partial charge < -0.3 is 8.83 Å². The lowest BCUT2D eigenvalue weighted by atomic mass is 10.1. The van der Waals surface area contributed by atoms with Crippen molar-refractivity contribution < 1.29 is 8.83 Å². The molecule has 3 aromatic heterocycles. The molecule has 0 amide bonds. The number of rotatable bonds is 5. The van der Waals surface area contributed by atoms with Crippen LogP contribution in [0.3, 0.4) is 0 Å². The van der Waals surface area contributed by atoms with E-state index in [1.807, 2.05) is 38.1 Å². The van der Waals surface area contributed by atoms with Gasteiger partial charge in [-0.2, -0.15) is 0 Å². The summed E-state index contributed by atoms with van der Waals surface area (Å²) in [4.78, 5) is 5.35. The zero-order valence-corrected chi connectivity index (χ0v) is 13.2. The van der Waals surface area contributed by atoms with Gasteiger partial charge in [-0.15, -0.1) is 11.3 Å². The summed E-state index contributed by atoms with van der Waals surface area (Å²) < 4.78 is 11.9. The molecule has 0 aliphatic heterocycles. The van der Waals surface area contributed by atoms with Gasteiger partial charge in [0.1, 0.15) is 17.6 Å². The summed E-state index contributed by atoms with van der Waals surface area (Å²) in [5.74, 6) is 2.29. The maximum atomic E-state index is 6.05. The number of furan rings is 1. The van der Waals surface area contributed by atoms with Crippen LogP contribution >= 0.6 is 22.9 Å².